The minimum atomic E-state index is -0.0615. The molecule has 0 spiro atoms. The Kier molecular flexibility index (Phi) is 5.56. The molecule has 1 saturated carbocycles. The number of likely N-dealkylation sites (N-methyl/N-ethyl adjacent to an activating group) is 1. The van der Waals surface area contributed by atoms with Crippen molar-refractivity contribution in [2.75, 3.05) is 20.1 Å². The van der Waals surface area contributed by atoms with Gasteiger partial charge >= 0.3 is 0 Å². The fraction of sp³-hybridized carbons (Fsp3) is 0.550. The van der Waals surface area contributed by atoms with E-state index >= 15 is 0 Å². The first-order valence-electron chi connectivity index (χ1n) is 9.18. The van der Waals surface area contributed by atoms with Crippen molar-refractivity contribution in [1.29, 1.82) is 0 Å². The van der Waals surface area contributed by atoms with E-state index in [4.69, 9.17) is 0 Å². The van der Waals surface area contributed by atoms with E-state index in [0.29, 0.717) is 6.54 Å². The molecule has 4 nitrogen and oxygen atoms in total. The zero-order valence-electron chi connectivity index (χ0n) is 14.8. The number of amides is 1. The molecular formula is C20H29N3O. The van der Waals surface area contributed by atoms with Gasteiger partial charge in [-0.15, -0.1) is 0 Å². The topological polar surface area (TPSA) is 48.1 Å². The summed E-state index contributed by atoms with van der Waals surface area (Å²) >= 11 is 0. The van der Waals surface area contributed by atoms with Crippen LogP contribution in [-0.4, -0.2) is 42.0 Å². The van der Waals surface area contributed by atoms with Crippen molar-refractivity contribution in [3.63, 3.8) is 0 Å². The second-order valence-electron chi connectivity index (χ2n) is 7.17. The molecule has 1 aliphatic carbocycles. The third kappa shape index (κ3) is 3.99. The van der Waals surface area contributed by atoms with Crippen LogP contribution in [0, 0.1) is 5.92 Å². The number of benzene rings is 1. The second-order valence-corrected chi connectivity index (χ2v) is 7.17. The van der Waals surface area contributed by atoms with Gasteiger partial charge in [-0.1, -0.05) is 31.0 Å². The number of nitrogens with one attached hydrogen (secondary N) is 2. The maximum atomic E-state index is 12.4. The number of hydrogen-bond acceptors (Lipinski definition) is 2. The Bertz CT molecular complexity index is 672. The lowest BCUT2D eigenvalue weighted by atomic mass is 10.1. The van der Waals surface area contributed by atoms with Crippen molar-refractivity contribution in [3.8, 4) is 0 Å². The van der Waals surface area contributed by atoms with Crippen LogP contribution in [0.2, 0.25) is 0 Å². The molecular weight excluding hydrogens is 298 g/mol. The first-order chi connectivity index (χ1) is 11.6. The Labute approximate surface area is 144 Å². The molecule has 1 aliphatic rings. The molecule has 0 bridgehead atoms. The fourth-order valence-corrected chi connectivity index (χ4v) is 3.77. The van der Waals surface area contributed by atoms with Gasteiger partial charge in [0.2, 0.25) is 5.91 Å². The Morgan fingerprint density at radius 1 is 1.33 bits per heavy atom. The number of carbonyl (C=O) groups excluding carboxylic acids is 1. The number of fused-ring (bicyclic) bond motifs is 1. The molecule has 4 heteroatoms. The van der Waals surface area contributed by atoms with Crippen LogP contribution in [0.25, 0.3) is 10.9 Å². The minimum absolute atomic E-state index is 0.0615. The van der Waals surface area contributed by atoms with Gasteiger partial charge in [-0.25, -0.2) is 0 Å². The molecule has 130 valence electrons. The van der Waals surface area contributed by atoms with E-state index in [1.54, 1.807) is 0 Å². The molecule has 1 amide bonds. The van der Waals surface area contributed by atoms with Crippen LogP contribution in [0.4, 0.5) is 0 Å². The second kappa shape index (κ2) is 7.84. The maximum Gasteiger partial charge on any atom is 0.237 e. The summed E-state index contributed by atoms with van der Waals surface area (Å²) in [4.78, 5) is 17.9. The standard InChI is InChI=1S/C20H29N3O/c1-15(23(2)14-16-7-3-4-8-16)20(24)21-12-11-17-13-22-19-10-6-5-9-18(17)19/h5-6,9-10,13,15-16,22H,3-4,7-8,11-12,14H2,1-2H3,(H,21,24). The molecule has 3 rings (SSSR count). The summed E-state index contributed by atoms with van der Waals surface area (Å²) in [5.74, 6) is 0.909. The highest BCUT2D eigenvalue weighted by molar-refractivity contribution is 5.83. The first-order valence-corrected chi connectivity index (χ1v) is 9.18. The van der Waals surface area contributed by atoms with Gasteiger partial charge in [0.15, 0.2) is 0 Å². The number of H-pyrrole nitrogens is 1. The molecule has 0 saturated heterocycles. The molecule has 1 fully saturated rings. The summed E-state index contributed by atoms with van der Waals surface area (Å²) in [6, 6.07) is 8.23. The van der Waals surface area contributed by atoms with Gasteiger partial charge in [0.25, 0.3) is 0 Å². The quantitative estimate of drug-likeness (QED) is 0.819. The van der Waals surface area contributed by atoms with Crippen LogP contribution in [-0.2, 0) is 11.2 Å². The van der Waals surface area contributed by atoms with Crippen LogP contribution >= 0.6 is 0 Å². The van der Waals surface area contributed by atoms with E-state index in [9.17, 15) is 4.79 Å². The number of rotatable bonds is 7. The SMILES string of the molecule is CC(C(=O)NCCc1c[nH]c2ccccc12)N(C)CC1CCCC1. The number of hydrogen-bond donors (Lipinski definition) is 2. The predicted molar refractivity (Wildman–Crippen MR) is 99.1 cm³/mol. The molecule has 24 heavy (non-hydrogen) atoms. The molecule has 1 aromatic carbocycles. The lowest BCUT2D eigenvalue weighted by Gasteiger charge is -2.26. The predicted octanol–water partition coefficient (Wildman–Crippen LogP) is 3.34. The number of para-hydroxylation sites is 1. The molecule has 2 N–H and O–H groups in total. The summed E-state index contributed by atoms with van der Waals surface area (Å²) in [6.45, 7) is 3.73. The van der Waals surface area contributed by atoms with E-state index in [1.165, 1.54) is 36.6 Å². The number of aromatic amines is 1. The van der Waals surface area contributed by atoms with E-state index in [0.717, 1.165) is 24.4 Å². The van der Waals surface area contributed by atoms with Gasteiger partial charge in [0.1, 0.15) is 0 Å². The van der Waals surface area contributed by atoms with Crippen LogP contribution in [0.15, 0.2) is 30.5 Å². The molecule has 0 radical (unpaired) electrons. The smallest absolute Gasteiger partial charge is 0.237 e. The van der Waals surface area contributed by atoms with Crippen molar-refractivity contribution in [1.82, 2.24) is 15.2 Å². The van der Waals surface area contributed by atoms with E-state index in [2.05, 4.69) is 40.4 Å². The van der Waals surface area contributed by atoms with Crippen LogP contribution in [0.1, 0.15) is 38.2 Å². The summed E-state index contributed by atoms with van der Waals surface area (Å²) in [5.41, 5.74) is 2.42. The van der Waals surface area contributed by atoms with Crippen LogP contribution in [0.5, 0.6) is 0 Å². The molecule has 0 aliphatic heterocycles. The lowest BCUT2D eigenvalue weighted by Crippen LogP contribution is -2.45. The number of carbonyl (C=O) groups is 1. The van der Waals surface area contributed by atoms with Gasteiger partial charge in [0, 0.05) is 30.2 Å². The minimum Gasteiger partial charge on any atom is -0.361 e. The zero-order valence-corrected chi connectivity index (χ0v) is 14.8. The highest BCUT2D eigenvalue weighted by Crippen LogP contribution is 2.25. The van der Waals surface area contributed by atoms with Gasteiger partial charge in [-0.3, -0.25) is 9.69 Å². The fourth-order valence-electron chi connectivity index (χ4n) is 3.77. The lowest BCUT2D eigenvalue weighted by molar-refractivity contribution is -0.125. The highest BCUT2D eigenvalue weighted by atomic mass is 16.2. The van der Waals surface area contributed by atoms with E-state index in [1.807, 2.05) is 19.2 Å². The number of nitrogens with zero attached hydrogens (tertiary/aromatic N) is 1. The normalized spacial score (nSPS) is 16.8. The van der Waals surface area contributed by atoms with Crippen molar-refractivity contribution < 1.29 is 4.79 Å². The van der Waals surface area contributed by atoms with Gasteiger partial charge < -0.3 is 10.3 Å². The Hall–Kier alpha value is -1.81. The largest absolute Gasteiger partial charge is 0.361 e. The van der Waals surface area contributed by atoms with Gasteiger partial charge in [-0.05, 0) is 50.8 Å². The maximum absolute atomic E-state index is 12.4. The molecule has 2 aromatic rings. The summed E-state index contributed by atoms with van der Waals surface area (Å²) in [7, 11) is 2.07. The summed E-state index contributed by atoms with van der Waals surface area (Å²) < 4.78 is 0. The van der Waals surface area contributed by atoms with Crippen molar-refractivity contribution >= 4 is 16.8 Å². The average molecular weight is 327 g/mol. The number of aromatic nitrogens is 1. The van der Waals surface area contributed by atoms with Crippen LogP contribution in [0.3, 0.4) is 0 Å². The van der Waals surface area contributed by atoms with Crippen LogP contribution < -0.4 is 5.32 Å². The monoisotopic (exact) mass is 327 g/mol. The van der Waals surface area contributed by atoms with Crippen molar-refractivity contribution in [2.45, 2.75) is 45.1 Å². The Morgan fingerprint density at radius 3 is 2.88 bits per heavy atom. The van der Waals surface area contributed by atoms with E-state index in [-0.39, 0.29) is 11.9 Å². The third-order valence-corrected chi connectivity index (χ3v) is 5.43. The average Bonchev–Trinajstić information content (AvgIpc) is 3.24. The zero-order chi connectivity index (χ0) is 16.9. The Morgan fingerprint density at radius 2 is 2.08 bits per heavy atom. The van der Waals surface area contributed by atoms with Crippen molar-refractivity contribution in [3.05, 3.63) is 36.0 Å². The molecule has 1 heterocycles. The molecule has 1 atom stereocenters. The molecule has 1 unspecified atom stereocenters. The Balaban J connectivity index is 1.46. The van der Waals surface area contributed by atoms with Gasteiger partial charge in [-0.2, -0.15) is 0 Å². The summed E-state index contributed by atoms with van der Waals surface area (Å²) in [5, 5.41) is 4.35. The van der Waals surface area contributed by atoms with Gasteiger partial charge in [0.05, 0.1) is 6.04 Å². The molecule has 1 aromatic heterocycles. The van der Waals surface area contributed by atoms with E-state index < -0.39 is 0 Å². The third-order valence-electron chi connectivity index (χ3n) is 5.43. The summed E-state index contributed by atoms with van der Waals surface area (Å²) in [6.07, 6.45) is 8.24. The first kappa shape index (κ1) is 17.0. The highest BCUT2D eigenvalue weighted by Gasteiger charge is 2.22. The van der Waals surface area contributed by atoms with Crippen molar-refractivity contribution in [2.24, 2.45) is 5.92 Å².